The first-order valence-corrected chi connectivity index (χ1v) is 11.1. The van der Waals surface area contributed by atoms with Crippen LogP contribution in [-0.2, 0) is 23.9 Å². The van der Waals surface area contributed by atoms with Crippen molar-refractivity contribution in [2.75, 3.05) is 6.61 Å². The number of ketones is 1. The number of carbonyl (C=O) groups excluding carboxylic acids is 3. The summed E-state index contributed by atoms with van der Waals surface area (Å²) in [5, 5.41) is 0. The molecule has 0 aromatic carbocycles. The lowest BCUT2D eigenvalue weighted by molar-refractivity contribution is -0.164. The minimum Gasteiger partial charge on any atom is -0.454 e. The molecule has 5 heteroatoms. The number of hydrogen-bond acceptors (Lipinski definition) is 5. The predicted molar refractivity (Wildman–Crippen MR) is 103 cm³/mol. The summed E-state index contributed by atoms with van der Waals surface area (Å²) in [6.45, 7) is 5.47. The van der Waals surface area contributed by atoms with Crippen molar-refractivity contribution in [3.05, 3.63) is 0 Å². The van der Waals surface area contributed by atoms with Crippen LogP contribution in [0.2, 0.25) is 0 Å². The quantitative estimate of drug-likeness (QED) is 0.679. The largest absolute Gasteiger partial charge is 0.454 e. The number of esters is 2. The lowest BCUT2D eigenvalue weighted by atomic mass is 9.45. The third kappa shape index (κ3) is 3.09. The molecule has 4 fully saturated rings. The molecule has 4 saturated carbocycles. The van der Waals surface area contributed by atoms with Crippen molar-refractivity contribution in [1.29, 1.82) is 0 Å². The van der Waals surface area contributed by atoms with Crippen molar-refractivity contribution >= 4 is 17.7 Å². The van der Waals surface area contributed by atoms with Crippen molar-refractivity contribution in [2.45, 2.75) is 84.7 Å². The van der Waals surface area contributed by atoms with Crippen LogP contribution in [0, 0.1) is 34.5 Å². The topological polar surface area (TPSA) is 69.7 Å². The molecule has 0 aromatic heterocycles. The van der Waals surface area contributed by atoms with Gasteiger partial charge in [0.1, 0.15) is 0 Å². The van der Waals surface area contributed by atoms with E-state index in [-0.39, 0.29) is 11.2 Å². The molecule has 0 unspecified atom stereocenters. The van der Waals surface area contributed by atoms with E-state index in [1.54, 1.807) is 0 Å². The van der Waals surface area contributed by atoms with Crippen molar-refractivity contribution in [3.63, 3.8) is 0 Å². The summed E-state index contributed by atoms with van der Waals surface area (Å²) in [4.78, 5) is 36.1. The Hall–Kier alpha value is -1.39. The second-order valence-electron chi connectivity index (χ2n) is 10.2. The first-order chi connectivity index (χ1) is 13.3. The third-order valence-corrected chi connectivity index (χ3v) is 8.96. The number of carbonyl (C=O) groups is 3. The van der Waals surface area contributed by atoms with Gasteiger partial charge < -0.3 is 9.47 Å². The van der Waals surface area contributed by atoms with E-state index in [9.17, 15) is 14.4 Å². The fourth-order valence-corrected chi connectivity index (χ4v) is 7.52. The highest BCUT2D eigenvalue weighted by Gasteiger charge is 2.62. The van der Waals surface area contributed by atoms with Crippen molar-refractivity contribution in [3.8, 4) is 0 Å². The third-order valence-electron chi connectivity index (χ3n) is 8.96. The van der Waals surface area contributed by atoms with Crippen molar-refractivity contribution < 1.29 is 23.9 Å². The fourth-order valence-electron chi connectivity index (χ4n) is 7.52. The van der Waals surface area contributed by atoms with Gasteiger partial charge in [-0.2, -0.15) is 0 Å². The zero-order chi connectivity index (χ0) is 20.1. The van der Waals surface area contributed by atoms with E-state index in [2.05, 4.69) is 13.8 Å². The maximum absolute atomic E-state index is 13.2. The molecule has 4 aliphatic rings. The van der Waals surface area contributed by atoms with Crippen LogP contribution in [0.5, 0.6) is 0 Å². The van der Waals surface area contributed by atoms with Crippen LogP contribution in [0.3, 0.4) is 0 Å². The van der Waals surface area contributed by atoms with Crippen LogP contribution in [0.1, 0.15) is 78.6 Å². The Labute approximate surface area is 167 Å². The van der Waals surface area contributed by atoms with Gasteiger partial charge in [-0.15, -0.1) is 0 Å². The average Bonchev–Trinajstić information content (AvgIpc) is 2.90. The second kappa shape index (κ2) is 7.14. The van der Waals surface area contributed by atoms with E-state index in [1.165, 1.54) is 45.4 Å². The summed E-state index contributed by atoms with van der Waals surface area (Å²) in [5.41, 5.74) is 0.0566. The summed E-state index contributed by atoms with van der Waals surface area (Å²) < 4.78 is 10.2. The van der Waals surface area contributed by atoms with Crippen molar-refractivity contribution in [2.24, 2.45) is 34.5 Å². The Balaban J connectivity index is 1.50. The molecule has 156 valence electrons. The van der Waals surface area contributed by atoms with Gasteiger partial charge >= 0.3 is 11.9 Å². The zero-order valence-corrected chi connectivity index (χ0v) is 17.5. The Morgan fingerprint density at radius 1 is 1.04 bits per heavy atom. The van der Waals surface area contributed by atoms with E-state index >= 15 is 0 Å². The number of fused-ring (bicyclic) bond motifs is 5. The number of Topliss-reactive ketones (excluding diaryl/α,β-unsaturated/α-hetero) is 1. The summed E-state index contributed by atoms with van der Waals surface area (Å²) in [6.07, 6.45) is 9.93. The molecule has 0 radical (unpaired) electrons. The Kier molecular flexibility index (Phi) is 5.08. The Morgan fingerprint density at radius 2 is 1.82 bits per heavy atom. The highest BCUT2D eigenvalue weighted by atomic mass is 16.6. The summed E-state index contributed by atoms with van der Waals surface area (Å²) >= 11 is 0. The van der Waals surface area contributed by atoms with Crippen LogP contribution < -0.4 is 0 Å². The van der Waals surface area contributed by atoms with Crippen LogP contribution in [0.15, 0.2) is 0 Å². The van der Waals surface area contributed by atoms with Crippen molar-refractivity contribution in [1.82, 2.24) is 0 Å². The minimum atomic E-state index is -0.673. The maximum atomic E-state index is 13.2. The van der Waals surface area contributed by atoms with Crippen LogP contribution in [0.4, 0.5) is 0 Å². The smallest absolute Gasteiger partial charge is 0.344 e. The van der Waals surface area contributed by atoms with E-state index in [0.717, 1.165) is 18.8 Å². The van der Waals surface area contributed by atoms with Gasteiger partial charge in [-0.25, -0.2) is 4.79 Å². The molecule has 0 spiro atoms. The summed E-state index contributed by atoms with van der Waals surface area (Å²) in [6, 6.07) is 0. The van der Waals surface area contributed by atoms with E-state index in [0.29, 0.717) is 29.6 Å². The van der Waals surface area contributed by atoms with Crippen LogP contribution in [0.25, 0.3) is 0 Å². The maximum Gasteiger partial charge on any atom is 0.344 e. The number of hydrogen-bond donors (Lipinski definition) is 0. The monoisotopic (exact) mass is 390 g/mol. The van der Waals surface area contributed by atoms with Gasteiger partial charge in [0.15, 0.2) is 18.5 Å². The number of ether oxygens (including phenoxy) is 2. The highest BCUT2D eigenvalue weighted by molar-refractivity contribution is 5.93. The van der Waals surface area contributed by atoms with Gasteiger partial charge in [-0.1, -0.05) is 26.7 Å². The molecular weight excluding hydrogens is 356 g/mol. The normalized spacial score (nSPS) is 44.8. The van der Waals surface area contributed by atoms with E-state index in [4.69, 9.17) is 9.47 Å². The minimum absolute atomic E-state index is 0.0862. The standard InChI is InChI=1S/C23H34O5/c1-14(24)27-13-20(25)28-19-12-18-16-8-7-15-6-4-5-10-22(15,2)17(16)9-11-23(18,3)21(19)26/h15-19H,4-13H2,1-3H3/t15-,16-,17+,18+,19-,22+,23+/m1/s1. The number of rotatable bonds is 3. The first-order valence-electron chi connectivity index (χ1n) is 11.1. The molecule has 4 aliphatic carbocycles. The average molecular weight is 391 g/mol. The lowest BCUT2D eigenvalue weighted by Gasteiger charge is -2.59. The van der Waals surface area contributed by atoms with E-state index < -0.39 is 24.6 Å². The second-order valence-corrected chi connectivity index (χ2v) is 10.2. The van der Waals surface area contributed by atoms with Gasteiger partial charge in [0.05, 0.1) is 0 Å². The lowest BCUT2D eigenvalue weighted by Crippen LogP contribution is -2.52. The SMILES string of the molecule is CC(=O)OCC(=O)O[C@@H]1C[C@H]2[C@@H]3CC[C@H]4CCCC[C@]4(C)[C@H]3CC[C@]2(C)C1=O. The molecule has 0 saturated heterocycles. The molecule has 0 aromatic rings. The van der Waals surface area contributed by atoms with Crippen LogP contribution >= 0.6 is 0 Å². The molecule has 0 amide bonds. The molecule has 0 heterocycles. The van der Waals surface area contributed by atoms with Gasteiger partial charge in [0, 0.05) is 12.3 Å². The van der Waals surface area contributed by atoms with E-state index in [1.807, 2.05) is 0 Å². The molecule has 5 nitrogen and oxygen atoms in total. The van der Waals surface area contributed by atoms with Crippen LogP contribution in [-0.4, -0.2) is 30.4 Å². The molecular formula is C23H34O5. The van der Waals surface area contributed by atoms with Gasteiger partial charge in [0.25, 0.3) is 0 Å². The molecule has 0 bridgehead atoms. The van der Waals surface area contributed by atoms with Gasteiger partial charge in [0.2, 0.25) is 0 Å². The highest BCUT2D eigenvalue weighted by Crippen LogP contribution is 2.65. The van der Waals surface area contributed by atoms with Gasteiger partial charge in [-0.05, 0) is 74.0 Å². The molecule has 0 N–H and O–H groups in total. The van der Waals surface area contributed by atoms with Gasteiger partial charge in [-0.3, -0.25) is 9.59 Å². The Morgan fingerprint density at radius 3 is 2.57 bits per heavy atom. The summed E-state index contributed by atoms with van der Waals surface area (Å²) in [5.74, 6) is 1.38. The molecule has 7 atom stereocenters. The fraction of sp³-hybridized carbons (Fsp3) is 0.870. The summed E-state index contributed by atoms with van der Waals surface area (Å²) in [7, 11) is 0. The molecule has 4 rings (SSSR count). The predicted octanol–water partition coefficient (Wildman–Crippen LogP) is 4.07. The Bertz CT molecular complexity index is 672. The first kappa shape index (κ1) is 19.9. The molecule has 28 heavy (non-hydrogen) atoms. The zero-order valence-electron chi connectivity index (χ0n) is 17.5. The molecule has 0 aliphatic heterocycles.